The number of carbonyl (C=O) groups is 1. The van der Waals surface area contributed by atoms with Crippen molar-refractivity contribution >= 4 is 11.7 Å². The Morgan fingerprint density at radius 1 is 1.20 bits per heavy atom. The molecule has 0 bridgehead atoms. The highest BCUT2D eigenvalue weighted by atomic mass is 16.7. The molecule has 0 aromatic heterocycles. The number of carbonyl (C=O) groups excluding carboxylic acids is 1. The molecule has 0 radical (unpaired) electrons. The minimum Gasteiger partial charge on any atom is -0.625 e. The van der Waals surface area contributed by atoms with Gasteiger partial charge in [-0.3, -0.25) is 4.65 Å². The highest BCUT2D eigenvalue weighted by Gasteiger charge is 2.55. The van der Waals surface area contributed by atoms with Gasteiger partial charge in [0.2, 0.25) is 0 Å². The lowest BCUT2D eigenvalue weighted by Gasteiger charge is -2.58. The molecule has 1 aliphatic rings. The summed E-state index contributed by atoms with van der Waals surface area (Å²) in [4.78, 5) is 12.4. The quantitative estimate of drug-likeness (QED) is 0.513. The maximum atomic E-state index is 13.3. The van der Waals surface area contributed by atoms with Gasteiger partial charge in [-0.1, -0.05) is 18.2 Å². The Kier molecular flexibility index (Phi) is 4.76. The van der Waals surface area contributed by atoms with Crippen LogP contribution in [0.1, 0.15) is 17.3 Å². The van der Waals surface area contributed by atoms with Crippen LogP contribution in [0.5, 0.6) is 5.75 Å². The smallest absolute Gasteiger partial charge is 0.342 e. The average Bonchev–Trinajstić information content (AvgIpc) is 2.64. The fourth-order valence-corrected chi connectivity index (χ4v) is 3.08. The number of hydroxylamine groups is 2. The Hall–Kier alpha value is -2.41. The molecule has 4 atom stereocenters. The lowest BCUT2D eigenvalue weighted by Crippen LogP contribution is -2.72. The SMILES string of the molecule is COc1ccc([N@@+]2([O-])C[C@H](C(C)O)[C@H]2OC(=O)c2ccccc2)cc1. The molecular formula is C19H21NO5. The molecule has 1 fully saturated rings. The van der Waals surface area contributed by atoms with E-state index in [1.807, 2.05) is 0 Å². The molecule has 6 nitrogen and oxygen atoms in total. The largest absolute Gasteiger partial charge is 0.625 e. The van der Waals surface area contributed by atoms with Crippen LogP contribution in [-0.4, -0.2) is 37.1 Å². The molecule has 3 rings (SSSR count). The zero-order valence-electron chi connectivity index (χ0n) is 14.2. The standard InChI is InChI=1S/C19H21NO5/c1-13(21)17-12-20(23,15-8-10-16(24-2)11-9-15)18(17)25-19(22)14-6-4-3-5-7-14/h3-11,13,17-18,21H,12H2,1-2H3/t13?,17-,18-,20+/m1/s1. The van der Waals surface area contributed by atoms with Crippen LogP contribution in [0.4, 0.5) is 5.69 Å². The summed E-state index contributed by atoms with van der Waals surface area (Å²) < 4.78 is 9.80. The maximum absolute atomic E-state index is 13.3. The number of aliphatic hydroxyl groups excluding tert-OH is 1. The van der Waals surface area contributed by atoms with Crippen LogP contribution in [0.2, 0.25) is 0 Å². The molecule has 2 aromatic rings. The monoisotopic (exact) mass is 343 g/mol. The van der Waals surface area contributed by atoms with E-state index in [2.05, 4.69) is 0 Å². The van der Waals surface area contributed by atoms with E-state index in [1.54, 1.807) is 68.6 Å². The van der Waals surface area contributed by atoms with Crippen LogP contribution < -0.4 is 9.38 Å². The zero-order chi connectivity index (χ0) is 18.0. The number of nitrogens with zero attached hydrogens (tertiary/aromatic N) is 1. The molecule has 25 heavy (non-hydrogen) atoms. The predicted octanol–water partition coefficient (Wildman–Crippen LogP) is 2.69. The van der Waals surface area contributed by atoms with Crippen molar-refractivity contribution in [1.29, 1.82) is 0 Å². The van der Waals surface area contributed by atoms with Crippen LogP contribution in [0.15, 0.2) is 54.6 Å². The summed E-state index contributed by atoms with van der Waals surface area (Å²) in [5, 5.41) is 23.2. The van der Waals surface area contributed by atoms with Gasteiger partial charge in [-0.2, -0.15) is 0 Å². The minimum atomic E-state index is -0.985. The summed E-state index contributed by atoms with van der Waals surface area (Å²) in [6.07, 6.45) is -1.73. The Morgan fingerprint density at radius 2 is 1.84 bits per heavy atom. The molecule has 132 valence electrons. The van der Waals surface area contributed by atoms with Gasteiger partial charge >= 0.3 is 5.97 Å². The maximum Gasteiger partial charge on any atom is 0.342 e. The summed E-state index contributed by atoms with van der Waals surface area (Å²) in [5.74, 6) is -0.337. The van der Waals surface area contributed by atoms with E-state index in [0.29, 0.717) is 17.0 Å². The van der Waals surface area contributed by atoms with Gasteiger partial charge in [0.1, 0.15) is 23.9 Å². The third-order valence-electron chi connectivity index (χ3n) is 4.63. The highest BCUT2D eigenvalue weighted by molar-refractivity contribution is 5.89. The van der Waals surface area contributed by atoms with E-state index in [9.17, 15) is 15.1 Å². The third kappa shape index (κ3) is 3.24. The third-order valence-corrected chi connectivity index (χ3v) is 4.63. The van der Waals surface area contributed by atoms with Crippen molar-refractivity contribution in [2.24, 2.45) is 5.92 Å². The summed E-state index contributed by atoms with van der Waals surface area (Å²) in [6.45, 7) is 1.75. The molecule has 0 spiro atoms. The normalized spacial score (nSPS) is 26.4. The fourth-order valence-electron chi connectivity index (χ4n) is 3.08. The van der Waals surface area contributed by atoms with Crippen LogP contribution in [0.3, 0.4) is 0 Å². The summed E-state index contributed by atoms with van der Waals surface area (Å²) >= 11 is 0. The number of quaternary nitrogens is 1. The lowest BCUT2D eigenvalue weighted by molar-refractivity contribution is -0.138. The molecule has 0 aliphatic carbocycles. The van der Waals surface area contributed by atoms with Crippen molar-refractivity contribution in [3.63, 3.8) is 0 Å². The second kappa shape index (κ2) is 6.84. The van der Waals surface area contributed by atoms with Gasteiger partial charge in [0.05, 0.1) is 18.8 Å². The van der Waals surface area contributed by atoms with Gasteiger partial charge < -0.3 is 19.8 Å². The Labute approximate surface area is 146 Å². The second-order valence-corrected chi connectivity index (χ2v) is 6.24. The molecule has 0 amide bonds. The lowest BCUT2D eigenvalue weighted by atomic mass is 9.90. The van der Waals surface area contributed by atoms with E-state index < -0.39 is 28.9 Å². The van der Waals surface area contributed by atoms with E-state index >= 15 is 0 Å². The van der Waals surface area contributed by atoms with Crippen molar-refractivity contribution < 1.29 is 19.4 Å². The summed E-state index contributed by atoms with van der Waals surface area (Å²) in [6, 6.07) is 15.2. The first-order valence-corrected chi connectivity index (χ1v) is 8.13. The molecule has 1 saturated heterocycles. The Balaban J connectivity index is 1.84. The Bertz CT molecular complexity index is 731. The number of benzene rings is 2. The van der Waals surface area contributed by atoms with Gasteiger partial charge in [-0.25, -0.2) is 4.79 Å². The topological polar surface area (TPSA) is 78.8 Å². The zero-order valence-corrected chi connectivity index (χ0v) is 14.2. The molecule has 1 heterocycles. The number of methoxy groups -OCH3 is 1. The number of hydrogen-bond acceptors (Lipinski definition) is 5. The van der Waals surface area contributed by atoms with Crippen molar-refractivity contribution in [2.75, 3.05) is 13.7 Å². The van der Waals surface area contributed by atoms with E-state index in [1.165, 1.54) is 0 Å². The first-order valence-electron chi connectivity index (χ1n) is 8.13. The van der Waals surface area contributed by atoms with Crippen molar-refractivity contribution in [3.05, 3.63) is 65.4 Å². The van der Waals surface area contributed by atoms with Crippen LogP contribution >= 0.6 is 0 Å². The Morgan fingerprint density at radius 3 is 2.40 bits per heavy atom. The van der Waals surface area contributed by atoms with E-state index in [4.69, 9.17) is 9.47 Å². The first-order chi connectivity index (χ1) is 12.0. The molecule has 2 aromatic carbocycles. The van der Waals surface area contributed by atoms with E-state index in [-0.39, 0.29) is 6.54 Å². The van der Waals surface area contributed by atoms with Gasteiger partial charge in [0.25, 0.3) is 6.23 Å². The van der Waals surface area contributed by atoms with Crippen LogP contribution in [-0.2, 0) is 4.74 Å². The van der Waals surface area contributed by atoms with Crippen molar-refractivity contribution in [3.8, 4) is 5.75 Å². The molecule has 1 N–H and O–H groups in total. The summed E-state index contributed by atoms with van der Waals surface area (Å²) in [7, 11) is 1.55. The number of esters is 1. The van der Waals surface area contributed by atoms with Crippen molar-refractivity contribution in [1.82, 2.24) is 4.65 Å². The van der Waals surface area contributed by atoms with Gasteiger partial charge in [-0.05, 0) is 31.2 Å². The minimum absolute atomic E-state index is 0.150. The molecule has 1 unspecified atom stereocenters. The molecule has 0 saturated carbocycles. The molecule has 1 aliphatic heterocycles. The molecular weight excluding hydrogens is 322 g/mol. The fraction of sp³-hybridized carbons (Fsp3) is 0.316. The average molecular weight is 343 g/mol. The highest BCUT2D eigenvalue weighted by Crippen LogP contribution is 2.42. The number of rotatable bonds is 5. The molecule has 6 heteroatoms. The van der Waals surface area contributed by atoms with E-state index in [0.717, 1.165) is 0 Å². The van der Waals surface area contributed by atoms with Gasteiger partial charge in [-0.15, -0.1) is 0 Å². The summed E-state index contributed by atoms with van der Waals surface area (Å²) in [5.41, 5.74) is 0.837. The van der Waals surface area contributed by atoms with Crippen molar-refractivity contribution in [2.45, 2.75) is 19.3 Å². The number of ether oxygens (including phenoxy) is 2. The van der Waals surface area contributed by atoms with Gasteiger partial charge in [0, 0.05) is 12.1 Å². The number of aliphatic hydroxyl groups is 1. The number of hydrogen-bond donors (Lipinski definition) is 1. The predicted molar refractivity (Wildman–Crippen MR) is 93.8 cm³/mol. The first kappa shape index (κ1) is 17.4. The van der Waals surface area contributed by atoms with Crippen LogP contribution in [0.25, 0.3) is 0 Å². The second-order valence-electron chi connectivity index (χ2n) is 6.24. The van der Waals surface area contributed by atoms with Crippen LogP contribution in [0, 0.1) is 11.1 Å². The van der Waals surface area contributed by atoms with Gasteiger partial charge in [0.15, 0.2) is 0 Å².